The lowest BCUT2D eigenvalue weighted by Crippen LogP contribution is -2.60. The van der Waals surface area contributed by atoms with Gasteiger partial charge in [-0.3, -0.25) is 24.0 Å². The van der Waals surface area contributed by atoms with E-state index in [2.05, 4.69) is 21.9 Å². The third-order valence-electron chi connectivity index (χ3n) is 15.4. The first kappa shape index (κ1) is 47.4. The first-order chi connectivity index (χ1) is 31.6. The van der Waals surface area contributed by atoms with Gasteiger partial charge < -0.3 is 29.7 Å². The maximum atomic E-state index is 14.9. The molecule has 4 bridgehead atoms. The molecule has 19 heteroatoms. The number of rotatable bonds is 9. The molecule has 4 amide bonds. The van der Waals surface area contributed by atoms with E-state index in [-0.39, 0.29) is 55.5 Å². The van der Waals surface area contributed by atoms with Crippen LogP contribution in [0.5, 0.6) is 11.6 Å². The quantitative estimate of drug-likeness (QED) is 0.242. The summed E-state index contributed by atoms with van der Waals surface area (Å²) in [7, 11) is -4.06. The van der Waals surface area contributed by atoms with Crippen molar-refractivity contribution in [1.29, 1.82) is 0 Å². The van der Waals surface area contributed by atoms with E-state index < -0.39 is 86.4 Å². The van der Waals surface area contributed by atoms with Crippen LogP contribution in [0.25, 0.3) is 10.9 Å². The Balaban J connectivity index is 1.05. The van der Waals surface area contributed by atoms with E-state index in [0.717, 1.165) is 31.1 Å². The fraction of sp³-hybridized carbons (Fsp3) is 0.688. The van der Waals surface area contributed by atoms with Gasteiger partial charge in [0.05, 0.1) is 28.9 Å². The first-order valence-corrected chi connectivity index (χ1v) is 25.4. The number of benzene rings is 1. The summed E-state index contributed by atoms with van der Waals surface area (Å²) in [6.45, 7) is 9.68. The number of alkyl halides is 3. The molecule has 3 aliphatic carbocycles. The summed E-state index contributed by atoms with van der Waals surface area (Å²) in [5.41, 5.74) is -1.24. The largest absolute Gasteiger partial charge is 0.489 e. The maximum absolute atomic E-state index is 14.9. The summed E-state index contributed by atoms with van der Waals surface area (Å²) in [4.78, 5) is 64.9. The summed E-state index contributed by atoms with van der Waals surface area (Å²) in [5.74, 6) is -1.77. The number of piperidine rings is 1. The number of aromatic nitrogens is 1. The standard InChI is InChI=1S/C48H63F3N6O9S/c1-6-28-24-47(28,43(60)55-67(62,63)46(5)18-19-46)54-40(58)36-23-32-25-56(36)42(59)39(45(2,3)4)53-44(61)66-37-20-27(37)12-8-7-9-14-34-38(33-13-10-11-15-35(33)52-41(34)65-32)64-31-21-29-16-17-30(22-31)57(29)26-48(49,50)51/h6,10-11,13,15,27-32,36-37,39H,1,7-9,12,14,16-26H2,2-5H3,(H,53,61)(H,54,58)(H,55,60). The third kappa shape index (κ3) is 9.69. The van der Waals surface area contributed by atoms with Crippen LogP contribution in [0.1, 0.15) is 117 Å². The number of para-hydroxylation sites is 1. The zero-order valence-electron chi connectivity index (χ0n) is 38.7. The minimum atomic E-state index is -4.30. The van der Waals surface area contributed by atoms with Gasteiger partial charge in [0.2, 0.25) is 27.7 Å². The molecule has 2 aromatic rings. The highest BCUT2D eigenvalue weighted by atomic mass is 32.2. The second-order valence-electron chi connectivity index (χ2n) is 21.5. The Kier molecular flexibility index (Phi) is 12.3. The molecule has 5 heterocycles. The summed E-state index contributed by atoms with van der Waals surface area (Å²) in [6.07, 6.45) is 2.43. The molecule has 7 aliphatic rings. The van der Waals surface area contributed by atoms with Crippen LogP contribution in [-0.4, -0.2) is 119 Å². The van der Waals surface area contributed by atoms with Crippen molar-refractivity contribution >= 4 is 44.7 Å². The van der Waals surface area contributed by atoms with Gasteiger partial charge in [-0.2, -0.15) is 13.2 Å². The highest BCUT2D eigenvalue weighted by Crippen LogP contribution is 2.48. The van der Waals surface area contributed by atoms with Gasteiger partial charge in [0.15, 0.2) is 0 Å². The highest BCUT2D eigenvalue weighted by molar-refractivity contribution is 7.91. The predicted molar refractivity (Wildman–Crippen MR) is 240 cm³/mol. The van der Waals surface area contributed by atoms with E-state index in [1.54, 1.807) is 32.6 Å². The highest BCUT2D eigenvalue weighted by Gasteiger charge is 2.63. The van der Waals surface area contributed by atoms with E-state index in [1.165, 1.54) is 11.0 Å². The Bertz CT molecular complexity index is 2410. The lowest BCUT2D eigenvalue weighted by atomic mass is 9.85. The number of fused-ring (bicyclic) bond motifs is 7. The molecule has 1 aromatic heterocycles. The number of carbonyl (C=O) groups is 4. The molecule has 366 valence electrons. The molecule has 9 atom stereocenters. The van der Waals surface area contributed by atoms with Crippen molar-refractivity contribution < 1.29 is 55.0 Å². The third-order valence-corrected chi connectivity index (χ3v) is 17.6. The molecule has 3 saturated carbocycles. The lowest BCUT2D eigenvalue weighted by Gasteiger charge is -2.39. The van der Waals surface area contributed by atoms with Gasteiger partial charge in [-0.15, -0.1) is 6.58 Å². The molecule has 9 rings (SSSR count). The average molecular weight is 957 g/mol. The van der Waals surface area contributed by atoms with Gasteiger partial charge in [0, 0.05) is 29.8 Å². The van der Waals surface area contributed by atoms with E-state index in [1.807, 2.05) is 24.3 Å². The topological polar surface area (TPSA) is 186 Å². The van der Waals surface area contributed by atoms with Crippen molar-refractivity contribution in [2.75, 3.05) is 13.1 Å². The molecule has 0 radical (unpaired) electrons. The van der Waals surface area contributed by atoms with Gasteiger partial charge in [0.25, 0.3) is 5.91 Å². The molecule has 9 unspecified atom stereocenters. The number of ether oxygens (including phenoxy) is 3. The number of carbonyl (C=O) groups excluding carboxylic acids is 4. The number of nitrogens with one attached hydrogen (secondary N) is 3. The van der Waals surface area contributed by atoms with Crippen molar-refractivity contribution in [3.63, 3.8) is 0 Å². The molecule has 15 nitrogen and oxygen atoms in total. The summed E-state index contributed by atoms with van der Waals surface area (Å²) >= 11 is 0. The summed E-state index contributed by atoms with van der Waals surface area (Å²) in [6, 6.07) is 4.55. The number of amides is 4. The van der Waals surface area contributed by atoms with Gasteiger partial charge in [-0.05, 0) is 101 Å². The zero-order chi connectivity index (χ0) is 47.8. The second-order valence-corrected chi connectivity index (χ2v) is 23.7. The lowest BCUT2D eigenvalue weighted by molar-refractivity contribution is -0.158. The number of halogens is 3. The monoisotopic (exact) mass is 956 g/mol. The SMILES string of the molecule is C=CC1CC1(NC(=O)C1CC2CN1C(=O)C(C(C)(C)C)NC(=O)OC1CC1CCCCCc1c(nc3ccccc3c1OC1CC3CCC(C1)N3CC(F)(F)F)O2)C(=O)NS(=O)(=O)C1(C)CC1. The Morgan fingerprint density at radius 2 is 1.73 bits per heavy atom. The van der Waals surface area contributed by atoms with E-state index >= 15 is 0 Å². The molecule has 0 spiro atoms. The van der Waals surface area contributed by atoms with Crippen molar-refractivity contribution in [3.05, 3.63) is 42.5 Å². The molecule has 1 aromatic carbocycles. The van der Waals surface area contributed by atoms with Crippen LogP contribution in [0.4, 0.5) is 18.0 Å². The Labute approximate surface area is 389 Å². The Morgan fingerprint density at radius 3 is 2.39 bits per heavy atom. The number of alkyl carbamates (subject to hydrolysis) is 1. The predicted octanol–water partition coefficient (Wildman–Crippen LogP) is 6.22. The summed E-state index contributed by atoms with van der Waals surface area (Å²) in [5, 5.41) is 6.37. The normalized spacial score (nSPS) is 33.1. The van der Waals surface area contributed by atoms with Crippen LogP contribution in [0.3, 0.4) is 0 Å². The first-order valence-electron chi connectivity index (χ1n) is 23.9. The molecule has 67 heavy (non-hydrogen) atoms. The van der Waals surface area contributed by atoms with E-state index in [9.17, 15) is 40.8 Å². The number of pyridine rings is 1. The van der Waals surface area contributed by atoms with Gasteiger partial charge >= 0.3 is 12.3 Å². The second kappa shape index (κ2) is 17.4. The Morgan fingerprint density at radius 1 is 1.01 bits per heavy atom. The molecule has 3 N–H and O–H groups in total. The van der Waals surface area contributed by atoms with Crippen molar-refractivity contribution in [3.8, 4) is 11.6 Å². The minimum Gasteiger partial charge on any atom is -0.489 e. The average Bonchev–Trinajstić information content (AvgIpc) is 4.21. The molecule has 6 fully saturated rings. The van der Waals surface area contributed by atoms with Crippen LogP contribution in [0.15, 0.2) is 36.9 Å². The number of hydrogen-bond donors (Lipinski definition) is 3. The van der Waals surface area contributed by atoms with E-state index in [4.69, 9.17) is 19.2 Å². The van der Waals surface area contributed by atoms with Crippen molar-refractivity contribution in [1.82, 2.24) is 30.1 Å². The van der Waals surface area contributed by atoms with E-state index in [0.29, 0.717) is 68.2 Å². The van der Waals surface area contributed by atoms with Crippen molar-refractivity contribution in [2.24, 2.45) is 17.3 Å². The smallest absolute Gasteiger partial charge is 0.408 e. The van der Waals surface area contributed by atoms with Crippen LogP contribution in [0, 0.1) is 17.3 Å². The van der Waals surface area contributed by atoms with Gasteiger partial charge in [-0.25, -0.2) is 18.2 Å². The van der Waals surface area contributed by atoms with Crippen LogP contribution in [0.2, 0.25) is 0 Å². The maximum Gasteiger partial charge on any atom is 0.408 e. The molecule has 4 aliphatic heterocycles. The molecular formula is C48H63F3N6O9S. The van der Waals surface area contributed by atoms with Gasteiger partial charge in [-0.1, -0.05) is 51.8 Å². The zero-order valence-corrected chi connectivity index (χ0v) is 39.5. The number of hydrogen-bond acceptors (Lipinski definition) is 11. The molecular weight excluding hydrogens is 894 g/mol. The summed E-state index contributed by atoms with van der Waals surface area (Å²) < 4.78 is 88.0. The van der Waals surface area contributed by atoms with Gasteiger partial charge in [0.1, 0.15) is 41.7 Å². The Hall–Kier alpha value is -4.65. The minimum absolute atomic E-state index is 0.0549. The van der Waals surface area contributed by atoms with Crippen LogP contribution >= 0.6 is 0 Å². The van der Waals surface area contributed by atoms with Crippen LogP contribution in [-0.2, 0) is 35.6 Å². The molecule has 3 saturated heterocycles. The number of sulfonamides is 1. The number of nitrogens with zero attached hydrogens (tertiary/aromatic N) is 3. The van der Waals surface area contributed by atoms with Crippen LogP contribution < -0.4 is 24.8 Å². The van der Waals surface area contributed by atoms with Crippen molar-refractivity contribution in [2.45, 2.75) is 177 Å². The fourth-order valence-corrected chi connectivity index (χ4v) is 12.2. The fourth-order valence-electron chi connectivity index (χ4n) is 10.9.